The fourth-order valence-corrected chi connectivity index (χ4v) is 2.98. The molecule has 0 unspecified atom stereocenters. The van der Waals surface area contributed by atoms with Crippen LogP contribution in [0.25, 0.3) is 11.3 Å². The number of carbonyl (C=O) groups excluding carboxylic acids is 1. The molecule has 0 saturated heterocycles. The average Bonchev–Trinajstić information content (AvgIpc) is 3.05. The fourth-order valence-electron chi connectivity index (χ4n) is 2.23. The highest BCUT2D eigenvalue weighted by Gasteiger charge is 2.06. The number of methoxy groups -OCH3 is 1. The quantitative estimate of drug-likeness (QED) is 0.626. The molecule has 2 rings (SSSR count). The lowest BCUT2D eigenvalue weighted by Gasteiger charge is -2.06. The highest BCUT2D eigenvalue weighted by Crippen LogP contribution is 2.26. The summed E-state index contributed by atoms with van der Waals surface area (Å²) < 4.78 is 5.01. The number of ether oxygens (including phenoxy) is 1. The van der Waals surface area contributed by atoms with Gasteiger partial charge >= 0.3 is 0 Å². The number of hydrogen-bond donors (Lipinski definition) is 2. The zero-order valence-corrected chi connectivity index (χ0v) is 15.1. The minimum atomic E-state index is 0.0782. The summed E-state index contributed by atoms with van der Waals surface area (Å²) in [7, 11) is 1.68. The standard InChI is InChI=1S/C18H25N3O2S/c1-3-4-5-6-17(22)20-15-9-7-14(8-10-15)16-13-24-18(21-16)19-11-12-23-2/h7-10,13H,3-6,11-12H2,1-2H3,(H,19,21)(H,20,22). The van der Waals surface area contributed by atoms with Gasteiger partial charge in [0.25, 0.3) is 0 Å². The van der Waals surface area contributed by atoms with E-state index in [0.29, 0.717) is 13.0 Å². The van der Waals surface area contributed by atoms with Crippen LogP contribution >= 0.6 is 11.3 Å². The zero-order chi connectivity index (χ0) is 17.2. The van der Waals surface area contributed by atoms with Gasteiger partial charge in [-0.05, 0) is 18.6 Å². The summed E-state index contributed by atoms with van der Waals surface area (Å²) in [5.74, 6) is 0.0782. The number of benzene rings is 1. The van der Waals surface area contributed by atoms with Crippen molar-refractivity contribution in [2.45, 2.75) is 32.6 Å². The molecule has 0 aliphatic carbocycles. The highest BCUT2D eigenvalue weighted by molar-refractivity contribution is 7.14. The lowest BCUT2D eigenvalue weighted by Crippen LogP contribution is -2.10. The Kier molecular flexibility index (Phi) is 7.71. The second-order valence-corrected chi connectivity index (χ2v) is 6.40. The SMILES string of the molecule is CCCCCC(=O)Nc1ccc(-c2csc(NCCOC)n2)cc1. The molecule has 0 bridgehead atoms. The minimum Gasteiger partial charge on any atom is -0.383 e. The Morgan fingerprint density at radius 2 is 2.04 bits per heavy atom. The molecule has 1 heterocycles. The normalized spacial score (nSPS) is 10.6. The summed E-state index contributed by atoms with van der Waals surface area (Å²) in [6.45, 7) is 3.53. The van der Waals surface area contributed by atoms with Crippen LogP contribution in [0.15, 0.2) is 29.6 Å². The van der Waals surface area contributed by atoms with Gasteiger partial charge in [0.1, 0.15) is 0 Å². The minimum absolute atomic E-state index is 0.0782. The van der Waals surface area contributed by atoms with E-state index in [1.807, 2.05) is 29.6 Å². The molecule has 1 aromatic heterocycles. The van der Waals surface area contributed by atoms with Crippen molar-refractivity contribution in [3.63, 3.8) is 0 Å². The molecule has 2 N–H and O–H groups in total. The van der Waals surface area contributed by atoms with Gasteiger partial charge in [-0.25, -0.2) is 4.98 Å². The van der Waals surface area contributed by atoms with E-state index in [-0.39, 0.29) is 5.91 Å². The van der Waals surface area contributed by atoms with E-state index in [1.165, 1.54) is 0 Å². The topological polar surface area (TPSA) is 63.2 Å². The van der Waals surface area contributed by atoms with Crippen molar-refractivity contribution in [3.05, 3.63) is 29.6 Å². The Morgan fingerprint density at radius 1 is 1.25 bits per heavy atom. The number of nitrogens with zero attached hydrogens (tertiary/aromatic N) is 1. The van der Waals surface area contributed by atoms with Crippen molar-refractivity contribution in [2.24, 2.45) is 0 Å². The van der Waals surface area contributed by atoms with E-state index in [2.05, 4.69) is 22.5 Å². The molecule has 1 aromatic carbocycles. The molecule has 5 nitrogen and oxygen atoms in total. The van der Waals surface area contributed by atoms with Crippen LogP contribution in [0, 0.1) is 0 Å². The maximum atomic E-state index is 11.8. The van der Waals surface area contributed by atoms with Crippen molar-refractivity contribution >= 4 is 28.1 Å². The van der Waals surface area contributed by atoms with E-state index in [9.17, 15) is 4.79 Å². The van der Waals surface area contributed by atoms with Gasteiger partial charge in [0.15, 0.2) is 5.13 Å². The van der Waals surface area contributed by atoms with Crippen LogP contribution in [0.2, 0.25) is 0 Å². The summed E-state index contributed by atoms with van der Waals surface area (Å²) >= 11 is 1.57. The molecule has 0 saturated carbocycles. The van der Waals surface area contributed by atoms with Crippen molar-refractivity contribution in [3.8, 4) is 11.3 Å². The van der Waals surface area contributed by atoms with Crippen molar-refractivity contribution in [1.29, 1.82) is 0 Å². The number of nitrogens with one attached hydrogen (secondary N) is 2. The molecule has 0 atom stereocenters. The Bertz CT molecular complexity index is 625. The Labute approximate surface area is 147 Å². The van der Waals surface area contributed by atoms with Crippen LogP contribution in [-0.4, -0.2) is 31.2 Å². The largest absolute Gasteiger partial charge is 0.383 e. The Hall–Kier alpha value is -1.92. The lowest BCUT2D eigenvalue weighted by atomic mass is 10.1. The van der Waals surface area contributed by atoms with Crippen molar-refractivity contribution in [2.75, 3.05) is 30.9 Å². The van der Waals surface area contributed by atoms with Gasteiger partial charge in [-0.1, -0.05) is 31.9 Å². The van der Waals surface area contributed by atoms with E-state index < -0.39 is 0 Å². The van der Waals surface area contributed by atoms with Crippen LogP contribution in [0.5, 0.6) is 0 Å². The number of hydrogen-bond acceptors (Lipinski definition) is 5. The number of aromatic nitrogens is 1. The Balaban J connectivity index is 1.88. The molecular formula is C18H25N3O2S. The molecule has 130 valence electrons. The predicted octanol–water partition coefficient (Wildman–Crippen LogP) is 4.39. The molecule has 24 heavy (non-hydrogen) atoms. The first-order valence-corrected chi connectivity index (χ1v) is 9.19. The van der Waals surface area contributed by atoms with E-state index in [4.69, 9.17) is 4.74 Å². The second kappa shape index (κ2) is 10.1. The number of amides is 1. The van der Waals surface area contributed by atoms with Crippen LogP contribution in [-0.2, 0) is 9.53 Å². The first-order chi connectivity index (χ1) is 11.7. The molecule has 0 fully saturated rings. The molecule has 0 radical (unpaired) electrons. The summed E-state index contributed by atoms with van der Waals surface area (Å²) in [6, 6.07) is 7.81. The maximum Gasteiger partial charge on any atom is 0.224 e. The molecule has 6 heteroatoms. The van der Waals surface area contributed by atoms with Gasteiger partial charge < -0.3 is 15.4 Å². The lowest BCUT2D eigenvalue weighted by molar-refractivity contribution is -0.116. The predicted molar refractivity (Wildman–Crippen MR) is 101 cm³/mol. The molecule has 1 amide bonds. The van der Waals surface area contributed by atoms with Gasteiger partial charge in [-0.15, -0.1) is 11.3 Å². The third-order valence-corrected chi connectivity index (χ3v) is 4.36. The molecule has 0 aliphatic rings. The molecule has 0 aliphatic heterocycles. The maximum absolute atomic E-state index is 11.8. The second-order valence-electron chi connectivity index (χ2n) is 5.54. The molecular weight excluding hydrogens is 322 g/mol. The van der Waals surface area contributed by atoms with Gasteiger partial charge in [-0.2, -0.15) is 0 Å². The third kappa shape index (κ3) is 5.94. The van der Waals surface area contributed by atoms with Crippen LogP contribution in [0.3, 0.4) is 0 Å². The van der Waals surface area contributed by atoms with Crippen LogP contribution in [0.1, 0.15) is 32.6 Å². The van der Waals surface area contributed by atoms with Gasteiger partial charge in [0.2, 0.25) is 5.91 Å². The summed E-state index contributed by atoms with van der Waals surface area (Å²) in [5.41, 5.74) is 2.80. The Morgan fingerprint density at radius 3 is 2.75 bits per heavy atom. The van der Waals surface area contributed by atoms with E-state index in [1.54, 1.807) is 18.4 Å². The molecule has 0 spiro atoms. The number of unbranched alkanes of at least 4 members (excludes halogenated alkanes) is 2. The first kappa shape index (κ1) is 18.4. The number of carbonyl (C=O) groups is 1. The van der Waals surface area contributed by atoms with Crippen molar-refractivity contribution in [1.82, 2.24) is 4.98 Å². The summed E-state index contributed by atoms with van der Waals surface area (Å²) in [6.07, 6.45) is 3.74. The van der Waals surface area contributed by atoms with E-state index in [0.717, 1.165) is 47.9 Å². The summed E-state index contributed by atoms with van der Waals surface area (Å²) in [4.78, 5) is 16.4. The summed E-state index contributed by atoms with van der Waals surface area (Å²) in [5, 5.41) is 9.06. The monoisotopic (exact) mass is 347 g/mol. The number of rotatable bonds is 10. The smallest absolute Gasteiger partial charge is 0.224 e. The van der Waals surface area contributed by atoms with Crippen molar-refractivity contribution < 1.29 is 9.53 Å². The average molecular weight is 347 g/mol. The first-order valence-electron chi connectivity index (χ1n) is 8.31. The zero-order valence-electron chi connectivity index (χ0n) is 14.3. The highest BCUT2D eigenvalue weighted by atomic mass is 32.1. The van der Waals surface area contributed by atoms with Gasteiger partial charge in [-0.3, -0.25) is 4.79 Å². The van der Waals surface area contributed by atoms with Crippen LogP contribution in [0.4, 0.5) is 10.8 Å². The van der Waals surface area contributed by atoms with Crippen LogP contribution < -0.4 is 10.6 Å². The van der Waals surface area contributed by atoms with Gasteiger partial charge in [0.05, 0.1) is 12.3 Å². The number of anilines is 2. The fraction of sp³-hybridized carbons (Fsp3) is 0.444. The van der Waals surface area contributed by atoms with Gasteiger partial charge in [0, 0.05) is 36.7 Å². The third-order valence-electron chi connectivity index (χ3n) is 3.56. The molecule has 2 aromatic rings. The van der Waals surface area contributed by atoms with E-state index >= 15 is 0 Å². The number of thiazole rings is 1.